The lowest BCUT2D eigenvalue weighted by Crippen LogP contribution is -2.01. The molecule has 0 fully saturated rings. The molecule has 0 spiro atoms. The van der Waals surface area contributed by atoms with Crippen molar-refractivity contribution in [1.29, 1.82) is 0 Å². The molecule has 51 heavy (non-hydrogen) atoms. The zero-order chi connectivity index (χ0) is 33.7. The zero-order valence-corrected chi connectivity index (χ0v) is 27.5. The van der Waals surface area contributed by atoms with E-state index in [1.807, 2.05) is 42.5 Å². The third-order valence-corrected chi connectivity index (χ3v) is 9.75. The van der Waals surface area contributed by atoms with Crippen LogP contribution in [0.15, 0.2) is 180 Å². The lowest BCUT2D eigenvalue weighted by atomic mass is 9.94. The van der Waals surface area contributed by atoms with E-state index in [1.54, 1.807) is 0 Å². The SMILES string of the molecule is c1ccc(-c2nc(-c3ccccc3-c3ccc4oc5ccccc5c4c3)nc(-c3cccc4ccc(-c5cccc6ccccc56)cc34)n2)cc1. The maximum Gasteiger partial charge on any atom is 0.164 e. The van der Waals surface area contributed by atoms with Gasteiger partial charge in [-0.3, -0.25) is 0 Å². The first-order valence-electron chi connectivity index (χ1n) is 17.1. The van der Waals surface area contributed by atoms with Gasteiger partial charge in [-0.05, 0) is 68.1 Å². The fourth-order valence-corrected chi connectivity index (χ4v) is 7.27. The molecule has 10 rings (SSSR count). The molecule has 0 saturated carbocycles. The molecule has 4 nitrogen and oxygen atoms in total. The standard InChI is InChI=1S/C47H29N3O/c1-2-13-32(14-3-1)45-48-46(39-20-7-6-18-37(39)34-26-27-44-42(29-34)38-19-8-9-23-43(38)51-44)50-47(49-45)40-22-11-16-31-24-25-33(28-41(31)40)36-21-10-15-30-12-4-5-17-35(30)36/h1-29H. The molecule has 4 heteroatoms. The molecule has 0 aliphatic rings. The Morgan fingerprint density at radius 3 is 1.71 bits per heavy atom. The van der Waals surface area contributed by atoms with Crippen molar-refractivity contribution in [3.05, 3.63) is 176 Å². The summed E-state index contributed by atoms with van der Waals surface area (Å²) in [5.74, 6) is 1.88. The highest BCUT2D eigenvalue weighted by molar-refractivity contribution is 6.07. The van der Waals surface area contributed by atoms with E-state index in [-0.39, 0.29) is 0 Å². The molecule has 2 aromatic heterocycles. The molecule has 8 aromatic carbocycles. The second-order valence-electron chi connectivity index (χ2n) is 12.8. The Balaban J connectivity index is 1.18. The summed E-state index contributed by atoms with van der Waals surface area (Å²) in [5.41, 5.74) is 9.02. The lowest BCUT2D eigenvalue weighted by Gasteiger charge is -2.14. The van der Waals surface area contributed by atoms with Gasteiger partial charge in [0.05, 0.1) is 0 Å². The molecule has 2 heterocycles. The van der Waals surface area contributed by atoms with Crippen molar-refractivity contribution in [2.45, 2.75) is 0 Å². The Bertz CT molecular complexity index is 2920. The van der Waals surface area contributed by atoms with Crippen molar-refractivity contribution in [2.75, 3.05) is 0 Å². The van der Waals surface area contributed by atoms with Gasteiger partial charge in [0.1, 0.15) is 11.2 Å². The van der Waals surface area contributed by atoms with Gasteiger partial charge in [-0.1, -0.05) is 152 Å². The molecule has 0 aliphatic heterocycles. The molecular formula is C47H29N3O. The van der Waals surface area contributed by atoms with Crippen LogP contribution in [0.25, 0.3) is 99.9 Å². The minimum atomic E-state index is 0.619. The highest BCUT2D eigenvalue weighted by Crippen LogP contribution is 2.38. The molecule has 0 amide bonds. The molecule has 0 bridgehead atoms. The summed E-state index contributed by atoms with van der Waals surface area (Å²) in [7, 11) is 0. The number of benzene rings is 8. The van der Waals surface area contributed by atoms with E-state index in [0.29, 0.717) is 17.5 Å². The van der Waals surface area contributed by atoms with Crippen molar-refractivity contribution in [3.8, 4) is 56.4 Å². The monoisotopic (exact) mass is 651 g/mol. The molecule has 0 aliphatic carbocycles. The number of aromatic nitrogens is 3. The predicted molar refractivity (Wildman–Crippen MR) is 209 cm³/mol. The molecule has 0 N–H and O–H groups in total. The molecule has 0 atom stereocenters. The van der Waals surface area contributed by atoms with Crippen molar-refractivity contribution >= 4 is 43.5 Å². The van der Waals surface area contributed by atoms with Crippen molar-refractivity contribution < 1.29 is 4.42 Å². The van der Waals surface area contributed by atoms with E-state index >= 15 is 0 Å². The van der Waals surface area contributed by atoms with E-state index < -0.39 is 0 Å². The number of nitrogens with zero attached hydrogens (tertiary/aromatic N) is 3. The number of fused-ring (bicyclic) bond motifs is 5. The van der Waals surface area contributed by atoms with Crippen LogP contribution in [0, 0.1) is 0 Å². The highest BCUT2D eigenvalue weighted by atomic mass is 16.3. The zero-order valence-electron chi connectivity index (χ0n) is 27.5. The lowest BCUT2D eigenvalue weighted by molar-refractivity contribution is 0.669. The Kier molecular flexibility index (Phi) is 6.78. The number of hydrogen-bond donors (Lipinski definition) is 0. The van der Waals surface area contributed by atoms with Crippen LogP contribution < -0.4 is 0 Å². The Hall–Kier alpha value is -6.91. The van der Waals surface area contributed by atoms with Gasteiger partial charge in [0.25, 0.3) is 0 Å². The van der Waals surface area contributed by atoms with Crippen LogP contribution in [-0.2, 0) is 0 Å². The summed E-state index contributed by atoms with van der Waals surface area (Å²) in [5, 5.41) is 6.84. The van der Waals surface area contributed by atoms with Crippen LogP contribution in [0.4, 0.5) is 0 Å². The summed E-state index contributed by atoms with van der Waals surface area (Å²) in [6.45, 7) is 0. The second-order valence-corrected chi connectivity index (χ2v) is 12.8. The fraction of sp³-hybridized carbons (Fsp3) is 0. The topological polar surface area (TPSA) is 51.8 Å². The highest BCUT2D eigenvalue weighted by Gasteiger charge is 2.18. The Labute approximate surface area is 294 Å². The van der Waals surface area contributed by atoms with Crippen LogP contribution in [0.2, 0.25) is 0 Å². The molecular weight excluding hydrogens is 623 g/mol. The van der Waals surface area contributed by atoms with Gasteiger partial charge in [0, 0.05) is 27.5 Å². The summed E-state index contributed by atoms with van der Waals surface area (Å²) < 4.78 is 6.15. The van der Waals surface area contributed by atoms with Gasteiger partial charge in [-0.2, -0.15) is 0 Å². The summed E-state index contributed by atoms with van der Waals surface area (Å²) in [4.78, 5) is 15.5. The Morgan fingerprint density at radius 1 is 0.294 bits per heavy atom. The van der Waals surface area contributed by atoms with Crippen LogP contribution in [0.5, 0.6) is 0 Å². The van der Waals surface area contributed by atoms with Gasteiger partial charge in [0.15, 0.2) is 17.5 Å². The van der Waals surface area contributed by atoms with Gasteiger partial charge >= 0.3 is 0 Å². The number of hydrogen-bond acceptors (Lipinski definition) is 4. The number of rotatable bonds is 5. The van der Waals surface area contributed by atoms with E-state index in [9.17, 15) is 0 Å². The summed E-state index contributed by atoms with van der Waals surface area (Å²) >= 11 is 0. The maximum atomic E-state index is 6.15. The van der Waals surface area contributed by atoms with Crippen LogP contribution in [0.3, 0.4) is 0 Å². The maximum absolute atomic E-state index is 6.15. The van der Waals surface area contributed by atoms with E-state index in [2.05, 4.69) is 133 Å². The van der Waals surface area contributed by atoms with E-state index in [0.717, 1.165) is 66.1 Å². The number of furan rings is 1. The minimum absolute atomic E-state index is 0.619. The molecule has 0 radical (unpaired) electrons. The van der Waals surface area contributed by atoms with Crippen LogP contribution in [-0.4, -0.2) is 15.0 Å². The third kappa shape index (κ3) is 5.04. The predicted octanol–water partition coefficient (Wildman–Crippen LogP) is 12.4. The molecule has 238 valence electrons. The first-order valence-corrected chi connectivity index (χ1v) is 17.1. The smallest absolute Gasteiger partial charge is 0.164 e. The second kappa shape index (κ2) is 11.9. The first-order chi connectivity index (χ1) is 25.3. The molecule has 0 saturated heterocycles. The van der Waals surface area contributed by atoms with Gasteiger partial charge < -0.3 is 4.42 Å². The van der Waals surface area contributed by atoms with E-state index in [4.69, 9.17) is 19.4 Å². The van der Waals surface area contributed by atoms with Crippen LogP contribution >= 0.6 is 0 Å². The largest absolute Gasteiger partial charge is 0.456 e. The average Bonchev–Trinajstić information content (AvgIpc) is 3.58. The quantitative estimate of drug-likeness (QED) is 0.186. The average molecular weight is 652 g/mol. The Morgan fingerprint density at radius 2 is 0.843 bits per heavy atom. The summed E-state index contributed by atoms with van der Waals surface area (Å²) in [6.07, 6.45) is 0. The van der Waals surface area contributed by atoms with Crippen molar-refractivity contribution in [3.63, 3.8) is 0 Å². The number of para-hydroxylation sites is 1. The van der Waals surface area contributed by atoms with Gasteiger partial charge in [-0.25, -0.2) is 15.0 Å². The van der Waals surface area contributed by atoms with Crippen LogP contribution in [0.1, 0.15) is 0 Å². The van der Waals surface area contributed by atoms with Crippen molar-refractivity contribution in [1.82, 2.24) is 15.0 Å². The summed E-state index contributed by atoms with van der Waals surface area (Å²) in [6, 6.07) is 61.1. The molecule has 0 unspecified atom stereocenters. The fourth-order valence-electron chi connectivity index (χ4n) is 7.27. The normalized spacial score (nSPS) is 11.5. The molecule has 10 aromatic rings. The van der Waals surface area contributed by atoms with E-state index in [1.165, 1.54) is 16.3 Å². The van der Waals surface area contributed by atoms with Gasteiger partial charge in [-0.15, -0.1) is 0 Å². The third-order valence-electron chi connectivity index (χ3n) is 9.75. The first kappa shape index (κ1) is 29.0. The minimum Gasteiger partial charge on any atom is -0.456 e. The van der Waals surface area contributed by atoms with Gasteiger partial charge in [0.2, 0.25) is 0 Å². The van der Waals surface area contributed by atoms with Crippen molar-refractivity contribution in [2.24, 2.45) is 0 Å².